The van der Waals surface area contributed by atoms with Crippen LogP contribution in [-0.2, 0) is 17.8 Å². The van der Waals surface area contributed by atoms with Gasteiger partial charge in [-0.2, -0.15) is 0 Å². The molecule has 3 rings (SSSR count). The Kier molecular flexibility index (Phi) is 5.74. The maximum absolute atomic E-state index is 12.4. The molecule has 0 aliphatic carbocycles. The standard InChI is InChI=1S/C19H16Cl2N2OS/c1-23(11-13-3-2-4-16(21)9-13)18(24)10-17-12-25-19(22-17)14-5-7-15(20)8-6-14/h2-9,12H,10-11H2,1H3. The van der Waals surface area contributed by atoms with Crippen LogP contribution >= 0.6 is 34.5 Å². The van der Waals surface area contributed by atoms with Crippen LogP contribution in [0.1, 0.15) is 11.3 Å². The van der Waals surface area contributed by atoms with Crippen molar-refractivity contribution in [1.82, 2.24) is 9.88 Å². The van der Waals surface area contributed by atoms with Crippen LogP contribution in [0.5, 0.6) is 0 Å². The number of likely N-dealkylation sites (N-methyl/N-ethyl adjacent to an activating group) is 1. The summed E-state index contributed by atoms with van der Waals surface area (Å²) >= 11 is 13.4. The van der Waals surface area contributed by atoms with Crippen molar-refractivity contribution in [1.29, 1.82) is 0 Å². The largest absolute Gasteiger partial charge is 0.341 e. The molecule has 2 aromatic carbocycles. The summed E-state index contributed by atoms with van der Waals surface area (Å²) in [6.45, 7) is 0.521. The van der Waals surface area contributed by atoms with Gasteiger partial charge in [-0.05, 0) is 29.8 Å². The van der Waals surface area contributed by atoms with Crippen molar-refractivity contribution in [3.8, 4) is 10.6 Å². The SMILES string of the molecule is CN(Cc1cccc(Cl)c1)C(=O)Cc1csc(-c2ccc(Cl)cc2)n1. The van der Waals surface area contributed by atoms with E-state index in [1.807, 2.05) is 53.9 Å². The van der Waals surface area contributed by atoms with Gasteiger partial charge in [-0.1, -0.05) is 47.5 Å². The zero-order valence-electron chi connectivity index (χ0n) is 13.6. The van der Waals surface area contributed by atoms with Crippen molar-refractivity contribution in [3.05, 3.63) is 75.2 Å². The van der Waals surface area contributed by atoms with Crippen LogP contribution in [0.25, 0.3) is 10.6 Å². The molecule has 0 bridgehead atoms. The molecular formula is C19H16Cl2N2OS. The quantitative estimate of drug-likeness (QED) is 0.590. The molecule has 3 nitrogen and oxygen atoms in total. The maximum atomic E-state index is 12.4. The third-order valence-corrected chi connectivity index (χ3v) is 5.14. The third kappa shape index (κ3) is 4.82. The number of hydrogen-bond donors (Lipinski definition) is 0. The van der Waals surface area contributed by atoms with E-state index >= 15 is 0 Å². The lowest BCUT2D eigenvalue weighted by Gasteiger charge is -2.16. The second-order valence-electron chi connectivity index (χ2n) is 5.71. The van der Waals surface area contributed by atoms with Crippen LogP contribution < -0.4 is 0 Å². The van der Waals surface area contributed by atoms with Gasteiger partial charge in [0.1, 0.15) is 5.01 Å². The van der Waals surface area contributed by atoms with E-state index < -0.39 is 0 Å². The Balaban J connectivity index is 1.64. The normalized spacial score (nSPS) is 10.7. The predicted octanol–water partition coefficient (Wildman–Crippen LogP) is 5.32. The van der Waals surface area contributed by atoms with Gasteiger partial charge in [0.05, 0.1) is 12.1 Å². The van der Waals surface area contributed by atoms with E-state index in [1.165, 1.54) is 11.3 Å². The maximum Gasteiger partial charge on any atom is 0.228 e. The first-order valence-corrected chi connectivity index (χ1v) is 9.33. The highest BCUT2D eigenvalue weighted by molar-refractivity contribution is 7.13. The molecule has 0 spiro atoms. The molecule has 0 saturated heterocycles. The zero-order valence-corrected chi connectivity index (χ0v) is 15.9. The Bertz CT molecular complexity index is 877. The van der Waals surface area contributed by atoms with E-state index in [0.717, 1.165) is 21.8 Å². The second kappa shape index (κ2) is 8.00. The highest BCUT2D eigenvalue weighted by Gasteiger charge is 2.13. The number of hydrogen-bond acceptors (Lipinski definition) is 3. The number of thiazole rings is 1. The molecule has 1 aromatic heterocycles. The molecule has 0 fully saturated rings. The molecule has 0 atom stereocenters. The summed E-state index contributed by atoms with van der Waals surface area (Å²) in [4.78, 5) is 18.7. The fraction of sp³-hybridized carbons (Fsp3) is 0.158. The van der Waals surface area contributed by atoms with E-state index in [0.29, 0.717) is 16.6 Å². The Morgan fingerprint density at radius 1 is 1.12 bits per heavy atom. The van der Waals surface area contributed by atoms with Crippen LogP contribution in [0.3, 0.4) is 0 Å². The number of rotatable bonds is 5. The summed E-state index contributed by atoms with van der Waals surface area (Å²) in [5, 5.41) is 4.18. The lowest BCUT2D eigenvalue weighted by molar-refractivity contribution is -0.129. The van der Waals surface area contributed by atoms with Crippen molar-refractivity contribution in [3.63, 3.8) is 0 Å². The fourth-order valence-electron chi connectivity index (χ4n) is 2.40. The monoisotopic (exact) mass is 390 g/mol. The van der Waals surface area contributed by atoms with Crippen LogP contribution in [-0.4, -0.2) is 22.8 Å². The summed E-state index contributed by atoms with van der Waals surface area (Å²) in [6.07, 6.45) is 0.279. The lowest BCUT2D eigenvalue weighted by Crippen LogP contribution is -2.27. The Morgan fingerprint density at radius 2 is 1.88 bits per heavy atom. The van der Waals surface area contributed by atoms with Crippen molar-refractivity contribution in [2.24, 2.45) is 0 Å². The van der Waals surface area contributed by atoms with Gasteiger partial charge in [-0.15, -0.1) is 11.3 Å². The summed E-state index contributed by atoms with van der Waals surface area (Å²) in [5.74, 6) is 0.0212. The van der Waals surface area contributed by atoms with Crippen LogP contribution in [0.2, 0.25) is 10.0 Å². The van der Waals surface area contributed by atoms with Gasteiger partial charge < -0.3 is 4.90 Å². The Morgan fingerprint density at radius 3 is 2.60 bits per heavy atom. The molecule has 0 aliphatic heterocycles. The molecule has 128 valence electrons. The third-order valence-electron chi connectivity index (χ3n) is 3.71. The minimum Gasteiger partial charge on any atom is -0.341 e. The summed E-state index contributed by atoms with van der Waals surface area (Å²) in [7, 11) is 1.79. The van der Waals surface area contributed by atoms with Gasteiger partial charge in [0.25, 0.3) is 0 Å². The topological polar surface area (TPSA) is 33.2 Å². The van der Waals surface area contributed by atoms with Crippen LogP contribution in [0.4, 0.5) is 0 Å². The first-order chi connectivity index (χ1) is 12.0. The van der Waals surface area contributed by atoms with Gasteiger partial charge in [-0.25, -0.2) is 4.98 Å². The van der Waals surface area contributed by atoms with Gasteiger partial charge in [-0.3, -0.25) is 4.79 Å². The molecule has 6 heteroatoms. The molecular weight excluding hydrogens is 375 g/mol. The molecule has 0 N–H and O–H groups in total. The summed E-state index contributed by atoms with van der Waals surface area (Å²) in [6, 6.07) is 15.1. The van der Waals surface area contributed by atoms with E-state index in [9.17, 15) is 4.79 Å². The van der Waals surface area contributed by atoms with Crippen LogP contribution in [0, 0.1) is 0 Å². The average molecular weight is 391 g/mol. The first-order valence-electron chi connectivity index (χ1n) is 7.70. The number of aromatic nitrogens is 1. The fourth-order valence-corrected chi connectivity index (χ4v) is 3.57. The van der Waals surface area contributed by atoms with E-state index in [4.69, 9.17) is 23.2 Å². The van der Waals surface area contributed by atoms with Crippen molar-refractivity contribution in [2.75, 3.05) is 7.05 Å². The van der Waals surface area contributed by atoms with Crippen molar-refractivity contribution in [2.45, 2.75) is 13.0 Å². The smallest absolute Gasteiger partial charge is 0.228 e. The molecule has 0 unspecified atom stereocenters. The van der Waals surface area contributed by atoms with Crippen molar-refractivity contribution >= 4 is 40.4 Å². The number of benzene rings is 2. The number of nitrogens with zero attached hydrogens (tertiary/aromatic N) is 2. The molecule has 25 heavy (non-hydrogen) atoms. The summed E-state index contributed by atoms with van der Waals surface area (Å²) < 4.78 is 0. The van der Waals surface area contributed by atoms with Gasteiger partial charge in [0, 0.05) is 34.6 Å². The molecule has 3 aromatic rings. The second-order valence-corrected chi connectivity index (χ2v) is 7.44. The first kappa shape index (κ1) is 17.9. The average Bonchev–Trinajstić information content (AvgIpc) is 3.04. The molecule has 1 amide bonds. The summed E-state index contributed by atoms with van der Waals surface area (Å²) in [5.41, 5.74) is 2.78. The number of halogens is 2. The Hall–Kier alpha value is -1.88. The van der Waals surface area contributed by atoms with Gasteiger partial charge >= 0.3 is 0 Å². The highest BCUT2D eigenvalue weighted by Crippen LogP contribution is 2.25. The molecule has 0 aliphatic rings. The minimum atomic E-state index is 0.0212. The molecule has 0 saturated carbocycles. The number of carbonyl (C=O) groups is 1. The number of amides is 1. The van der Waals surface area contributed by atoms with Crippen molar-refractivity contribution < 1.29 is 4.79 Å². The molecule has 1 heterocycles. The molecule has 0 radical (unpaired) electrons. The lowest BCUT2D eigenvalue weighted by atomic mass is 10.2. The van der Waals surface area contributed by atoms with E-state index in [-0.39, 0.29) is 12.3 Å². The van der Waals surface area contributed by atoms with Crippen LogP contribution in [0.15, 0.2) is 53.9 Å². The zero-order chi connectivity index (χ0) is 17.8. The van der Waals surface area contributed by atoms with E-state index in [2.05, 4.69) is 4.98 Å². The number of carbonyl (C=O) groups excluding carboxylic acids is 1. The predicted molar refractivity (Wildman–Crippen MR) is 104 cm³/mol. The minimum absolute atomic E-state index is 0.0212. The van der Waals surface area contributed by atoms with Gasteiger partial charge in [0.15, 0.2) is 0 Å². The van der Waals surface area contributed by atoms with E-state index in [1.54, 1.807) is 11.9 Å². The highest BCUT2D eigenvalue weighted by atomic mass is 35.5. The Labute approximate surface area is 160 Å². The van der Waals surface area contributed by atoms with Gasteiger partial charge in [0.2, 0.25) is 5.91 Å².